The Bertz CT molecular complexity index is 950. The molecule has 0 aliphatic carbocycles. The van der Waals surface area contributed by atoms with Crippen molar-refractivity contribution < 1.29 is 17.9 Å². The zero-order valence-corrected chi connectivity index (χ0v) is 16.5. The molecule has 1 fully saturated rings. The van der Waals surface area contributed by atoms with Crippen LogP contribution in [-0.4, -0.2) is 52.1 Å². The normalized spacial score (nSPS) is 17.8. The van der Waals surface area contributed by atoms with Gasteiger partial charge in [0, 0.05) is 37.9 Å². The van der Waals surface area contributed by atoms with E-state index in [1.165, 1.54) is 0 Å². The summed E-state index contributed by atoms with van der Waals surface area (Å²) in [4.78, 5) is 2.60. The molecule has 27 heavy (non-hydrogen) atoms. The molecule has 2 aromatic carbocycles. The van der Waals surface area contributed by atoms with Gasteiger partial charge in [-0.25, -0.2) is 8.42 Å². The fourth-order valence-electron chi connectivity index (χ4n) is 3.54. The molecule has 1 saturated heterocycles. The highest BCUT2D eigenvalue weighted by atomic mass is 32.2. The van der Waals surface area contributed by atoms with Crippen LogP contribution in [0.2, 0.25) is 0 Å². The Kier molecular flexibility index (Phi) is 4.74. The van der Waals surface area contributed by atoms with Crippen molar-refractivity contribution in [3.05, 3.63) is 47.5 Å². The lowest BCUT2D eigenvalue weighted by molar-refractivity contribution is 0.171. The van der Waals surface area contributed by atoms with E-state index in [0.717, 1.165) is 28.3 Å². The Morgan fingerprint density at radius 3 is 2.30 bits per heavy atom. The van der Waals surface area contributed by atoms with Crippen LogP contribution >= 0.6 is 0 Å². The zero-order valence-electron chi connectivity index (χ0n) is 15.6. The highest BCUT2D eigenvalue weighted by Gasteiger charge is 2.30. The number of benzene rings is 2. The number of rotatable bonds is 3. The van der Waals surface area contributed by atoms with Crippen molar-refractivity contribution in [2.75, 3.05) is 44.3 Å². The number of piperazine rings is 1. The quantitative estimate of drug-likeness (QED) is 0.809. The maximum Gasteiger partial charge on any atom is 0.243 e. The van der Waals surface area contributed by atoms with Crippen LogP contribution in [0.1, 0.15) is 11.1 Å². The summed E-state index contributed by atoms with van der Waals surface area (Å²) in [6.45, 7) is 7.09. The van der Waals surface area contributed by atoms with E-state index in [4.69, 9.17) is 9.47 Å². The van der Waals surface area contributed by atoms with E-state index in [1.807, 2.05) is 44.2 Å². The van der Waals surface area contributed by atoms with Crippen molar-refractivity contribution >= 4 is 15.7 Å². The fraction of sp³-hybridized carbons (Fsp3) is 0.400. The molecule has 0 radical (unpaired) electrons. The average Bonchev–Trinajstić information content (AvgIpc) is 2.69. The van der Waals surface area contributed by atoms with Crippen LogP contribution in [0.25, 0.3) is 0 Å². The van der Waals surface area contributed by atoms with Gasteiger partial charge in [0.05, 0.1) is 4.90 Å². The molecule has 2 aromatic rings. The first-order chi connectivity index (χ1) is 12.9. The molecular formula is C20H24N2O4S. The molecular weight excluding hydrogens is 364 g/mol. The van der Waals surface area contributed by atoms with E-state index in [-0.39, 0.29) is 0 Å². The SMILES string of the molecule is Cc1ccc(C)c(S(=O)(=O)N2CCN(c3ccc4c(c3)OCCO4)CC2)c1. The standard InChI is InChI=1S/C20H24N2O4S/c1-15-3-4-16(2)20(13-15)27(23,24)22-9-7-21(8-10-22)17-5-6-18-19(14-17)26-12-11-25-18/h3-6,13-14H,7-12H2,1-2H3. The van der Waals surface area contributed by atoms with Crippen LogP contribution in [-0.2, 0) is 10.0 Å². The molecule has 0 saturated carbocycles. The summed E-state index contributed by atoms with van der Waals surface area (Å²) in [5.41, 5.74) is 2.77. The largest absolute Gasteiger partial charge is 0.486 e. The highest BCUT2D eigenvalue weighted by molar-refractivity contribution is 7.89. The van der Waals surface area contributed by atoms with Crippen molar-refractivity contribution in [3.8, 4) is 11.5 Å². The van der Waals surface area contributed by atoms with Gasteiger partial charge in [0.1, 0.15) is 13.2 Å². The first kappa shape index (κ1) is 18.1. The number of sulfonamides is 1. The summed E-state index contributed by atoms with van der Waals surface area (Å²) in [6, 6.07) is 11.5. The molecule has 7 heteroatoms. The predicted octanol–water partition coefficient (Wildman–Crippen LogP) is 2.59. The van der Waals surface area contributed by atoms with E-state index >= 15 is 0 Å². The first-order valence-corrected chi connectivity index (χ1v) is 10.6. The van der Waals surface area contributed by atoms with Crippen molar-refractivity contribution in [2.24, 2.45) is 0 Å². The van der Waals surface area contributed by atoms with Gasteiger partial charge in [0.25, 0.3) is 0 Å². The molecule has 6 nitrogen and oxygen atoms in total. The summed E-state index contributed by atoms with van der Waals surface area (Å²) >= 11 is 0. The summed E-state index contributed by atoms with van der Waals surface area (Å²) in [5, 5.41) is 0. The Morgan fingerprint density at radius 1 is 0.852 bits per heavy atom. The Hall–Kier alpha value is -2.25. The summed E-state index contributed by atoms with van der Waals surface area (Å²) in [7, 11) is -3.47. The minimum atomic E-state index is -3.47. The van der Waals surface area contributed by atoms with Crippen molar-refractivity contribution in [3.63, 3.8) is 0 Å². The molecule has 0 aromatic heterocycles. The summed E-state index contributed by atoms with van der Waals surface area (Å²) in [6.07, 6.45) is 0. The van der Waals surface area contributed by atoms with Crippen LogP contribution in [0.4, 0.5) is 5.69 Å². The molecule has 0 amide bonds. The number of aryl methyl sites for hydroxylation is 2. The average molecular weight is 388 g/mol. The van der Waals surface area contributed by atoms with E-state index in [2.05, 4.69) is 4.90 Å². The number of anilines is 1. The fourth-order valence-corrected chi connectivity index (χ4v) is 5.27. The molecule has 0 bridgehead atoms. The first-order valence-electron chi connectivity index (χ1n) is 9.17. The van der Waals surface area contributed by atoms with Crippen LogP contribution in [0.15, 0.2) is 41.3 Å². The number of fused-ring (bicyclic) bond motifs is 1. The number of hydrogen-bond donors (Lipinski definition) is 0. The zero-order chi connectivity index (χ0) is 19.0. The van der Waals surface area contributed by atoms with Gasteiger partial charge < -0.3 is 14.4 Å². The van der Waals surface area contributed by atoms with Crippen molar-refractivity contribution in [1.82, 2.24) is 4.31 Å². The second kappa shape index (κ2) is 7.05. The lowest BCUT2D eigenvalue weighted by atomic mass is 10.2. The van der Waals surface area contributed by atoms with E-state index in [1.54, 1.807) is 10.4 Å². The lowest BCUT2D eigenvalue weighted by Gasteiger charge is -2.36. The molecule has 144 valence electrons. The van der Waals surface area contributed by atoms with Gasteiger partial charge in [-0.05, 0) is 43.2 Å². The number of nitrogens with zero attached hydrogens (tertiary/aromatic N) is 2. The van der Waals surface area contributed by atoms with Gasteiger partial charge in [0.15, 0.2) is 11.5 Å². The molecule has 2 heterocycles. The third-order valence-electron chi connectivity index (χ3n) is 5.09. The van der Waals surface area contributed by atoms with E-state index in [0.29, 0.717) is 44.3 Å². The molecule has 0 atom stereocenters. The second-order valence-electron chi connectivity index (χ2n) is 6.99. The smallest absolute Gasteiger partial charge is 0.243 e. The summed E-state index contributed by atoms with van der Waals surface area (Å²) in [5.74, 6) is 1.52. The van der Waals surface area contributed by atoms with Crippen molar-refractivity contribution in [1.29, 1.82) is 0 Å². The van der Waals surface area contributed by atoms with Gasteiger partial charge in [-0.1, -0.05) is 12.1 Å². The number of ether oxygens (including phenoxy) is 2. The molecule has 2 aliphatic heterocycles. The lowest BCUT2D eigenvalue weighted by Crippen LogP contribution is -2.48. The van der Waals surface area contributed by atoms with Crippen LogP contribution in [0.5, 0.6) is 11.5 Å². The van der Waals surface area contributed by atoms with Crippen LogP contribution in [0, 0.1) is 13.8 Å². The maximum atomic E-state index is 13.1. The molecule has 2 aliphatic rings. The van der Waals surface area contributed by atoms with Gasteiger partial charge >= 0.3 is 0 Å². The molecule has 0 N–H and O–H groups in total. The Morgan fingerprint density at radius 2 is 1.56 bits per heavy atom. The van der Waals surface area contributed by atoms with Gasteiger partial charge in [0.2, 0.25) is 10.0 Å². The van der Waals surface area contributed by atoms with Crippen LogP contribution in [0.3, 0.4) is 0 Å². The van der Waals surface area contributed by atoms with Crippen LogP contribution < -0.4 is 14.4 Å². The molecule has 0 spiro atoms. The minimum absolute atomic E-state index is 0.412. The Balaban J connectivity index is 1.49. The number of hydrogen-bond acceptors (Lipinski definition) is 5. The second-order valence-corrected chi connectivity index (χ2v) is 8.89. The summed E-state index contributed by atoms with van der Waals surface area (Å²) < 4.78 is 38.9. The van der Waals surface area contributed by atoms with Gasteiger partial charge in [-0.3, -0.25) is 0 Å². The molecule has 4 rings (SSSR count). The van der Waals surface area contributed by atoms with Crippen molar-refractivity contribution in [2.45, 2.75) is 18.7 Å². The van der Waals surface area contributed by atoms with E-state index < -0.39 is 10.0 Å². The molecule has 0 unspecified atom stereocenters. The Labute approximate surface area is 160 Å². The highest BCUT2D eigenvalue weighted by Crippen LogP contribution is 2.34. The minimum Gasteiger partial charge on any atom is -0.486 e. The maximum absolute atomic E-state index is 13.1. The van der Waals surface area contributed by atoms with E-state index in [9.17, 15) is 8.42 Å². The van der Waals surface area contributed by atoms with Gasteiger partial charge in [-0.2, -0.15) is 4.31 Å². The predicted molar refractivity (Wildman–Crippen MR) is 104 cm³/mol. The van der Waals surface area contributed by atoms with Gasteiger partial charge in [-0.15, -0.1) is 0 Å². The monoisotopic (exact) mass is 388 g/mol. The third-order valence-corrected chi connectivity index (χ3v) is 7.13. The third kappa shape index (κ3) is 3.49. The topological polar surface area (TPSA) is 59.1 Å².